The van der Waals surface area contributed by atoms with Gasteiger partial charge in [-0.3, -0.25) is 14.9 Å². The van der Waals surface area contributed by atoms with Crippen LogP contribution in [0.15, 0.2) is 53.5 Å². The highest BCUT2D eigenvalue weighted by molar-refractivity contribution is 8.15. The van der Waals surface area contributed by atoms with Gasteiger partial charge in [0.1, 0.15) is 5.25 Å². The Bertz CT molecular complexity index is 950. The number of rotatable bonds is 3. The molecule has 3 rings (SSSR count). The number of thioether (sulfide) groups is 1. The summed E-state index contributed by atoms with van der Waals surface area (Å²) in [6.07, 6.45) is 1.90. The molecule has 1 N–H and O–H groups in total. The Balaban J connectivity index is 1.83. The molecular formula is C20H18N4O2S. The summed E-state index contributed by atoms with van der Waals surface area (Å²) in [5.74, 6) is -0.544. The number of benzene rings is 2. The van der Waals surface area contributed by atoms with Crippen LogP contribution < -0.4 is 10.2 Å². The summed E-state index contributed by atoms with van der Waals surface area (Å²) < 4.78 is 0. The van der Waals surface area contributed by atoms with Gasteiger partial charge in [0, 0.05) is 6.42 Å². The molecule has 0 saturated carbocycles. The molecule has 27 heavy (non-hydrogen) atoms. The van der Waals surface area contributed by atoms with E-state index in [1.807, 2.05) is 50.4 Å². The molecule has 0 spiro atoms. The number of hydrogen-bond donors (Lipinski definition) is 1. The molecule has 1 aliphatic rings. The van der Waals surface area contributed by atoms with Crippen molar-refractivity contribution in [3.8, 4) is 6.19 Å². The van der Waals surface area contributed by atoms with E-state index in [4.69, 9.17) is 5.26 Å². The van der Waals surface area contributed by atoms with Gasteiger partial charge in [-0.05, 0) is 37.6 Å². The molecule has 1 fully saturated rings. The molecule has 6 nitrogen and oxygen atoms in total. The second kappa shape index (κ2) is 8.06. The van der Waals surface area contributed by atoms with Gasteiger partial charge in [-0.15, -0.1) is 0 Å². The number of nitrogens with zero attached hydrogens (tertiary/aromatic N) is 3. The number of aryl methyl sites for hydroxylation is 2. The lowest BCUT2D eigenvalue weighted by atomic mass is 10.1. The first kappa shape index (κ1) is 18.7. The van der Waals surface area contributed by atoms with Crippen LogP contribution in [0.4, 0.5) is 11.4 Å². The molecule has 0 bridgehead atoms. The molecule has 0 aromatic heterocycles. The third kappa shape index (κ3) is 4.18. The molecule has 7 heteroatoms. The minimum atomic E-state index is -0.624. The van der Waals surface area contributed by atoms with Gasteiger partial charge in [0.05, 0.1) is 11.4 Å². The van der Waals surface area contributed by atoms with Crippen LogP contribution in [-0.4, -0.2) is 22.2 Å². The van der Waals surface area contributed by atoms with Crippen molar-refractivity contribution in [2.45, 2.75) is 25.5 Å². The van der Waals surface area contributed by atoms with Crippen molar-refractivity contribution in [3.05, 3.63) is 59.7 Å². The quantitative estimate of drug-likeness (QED) is 0.291. The fourth-order valence-electron chi connectivity index (χ4n) is 2.89. The number of aliphatic imine (C=N–C) groups is 1. The summed E-state index contributed by atoms with van der Waals surface area (Å²) in [5.41, 5.74) is 3.20. The first-order valence-electron chi connectivity index (χ1n) is 8.39. The van der Waals surface area contributed by atoms with Crippen molar-refractivity contribution in [1.29, 1.82) is 5.26 Å². The number of carbonyl (C=O) groups excluding carboxylic acids is 2. The fourth-order valence-corrected chi connectivity index (χ4v) is 3.86. The van der Waals surface area contributed by atoms with Crippen molar-refractivity contribution in [1.82, 2.24) is 5.32 Å². The maximum absolute atomic E-state index is 12.9. The van der Waals surface area contributed by atoms with Crippen LogP contribution in [0, 0.1) is 25.3 Å². The van der Waals surface area contributed by atoms with E-state index >= 15 is 0 Å². The molecule has 136 valence electrons. The average molecular weight is 378 g/mol. The van der Waals surface area contributed by atoms with Crippen LogP contribution in [0.2, 0.25) is 0 Å². The van der Waals surface area contributed by atoms with Crippen LogP contribution in [0.25, 0.3) is 0 Å². The lowest BCUT2D eigenvalue weighted by Crippen LogP contribution is -2.32. The van der Waals surface area contributed by atoms with Gasteiger partial charge in [0.15, 0.2) is 11.4 Å². The number of imide groups is 1. The summed E-state index contributed by atoms with van der Waals surface area (Å²) in [6, 6.07) is 14.7. The van der Waals surface area contributed by atoms with Gasteiger partial charge in [-0.25, -0.2) is 9.89 Å². The van der Waals surface area contributed by atoms with Gasteiger partial charge in [-0.2, -0.15) is 5.26 Å². The Morgan fingerprint density at radius 3 is 2.63 bits per heavy atom. The van der Waals surface area contributed by atoms with Crippen LogP contribution >= 0.6 is 11.8 Å². The molecule has 1 heterocycles. The lowest BCUT2D eigenvalue weighted by Gasteiger charge is -2.17. The van der Waals surface area contributed by atoms with Crippen LogP contribution in [-0.2, 0) is 9.59 Å². The Morgan fingerprint density at radius 2 is 1.96 bits per heavy atom. The molecule has 1 aliphatic heterocycles. The Hall–Kier alpha value is -3.11. The predicted octanol–water partition coefficient (Wildman–Crippen LogP) is 3.43. The van der Waals surface area contributed by atoms with Crippen molar-refractivity contribution >= 4 is 40.1 Å². The lowest BCUT2D eigenvalue weighted by molar-refractivity contribution is -0.121. The Kier molecular flexibility index (Phi) is 5.57. The minimum Gasteiger partial charge on any atom is -0.274 e. The summed E-state index contributed by atoms with van der Waals surface area (Å²) >= 11 is 1.10. The second-order valence-electron chi connectivity index (χ2n) is 6.16. The summed E-state index contributed by atoms with van der Waals surface area (Å²) in [7, 11) is 0. The number of amidine groups is 1. The molecule has 1 atom stereocenters. The largest absolute Gasteiger partial charge is 0.274 e. The Labute approximate surface area is 161 Å². The fraction of sp³-hybridized carbons (Fsp3) is 0.200. The smallest absolute Gasteiger partial charge is 0.247 e. The topological polar surface area (TPSA) is 85.6 Å². The van der Waals surface area contributed by atoms with E-state index in [0.717, 1.165) is 22.9 Å². The first-order chi connectivity index (χ1) is 13.0. The summed E-state index contributed by atoms with van der Waals surface area (Å²) in [5, 5.41) is 11.2. The maximum Gasteiger partial charge on any atom is 0.247 e. The Morgan fingerprint density at radius 1 is 1.22 bits per heavy atom. The monoisotopic (exact) mass is 378 g/mol. The van der Waals surface area contributed by atoms with Crippen molar-refractivity contribution in [2.75, 3.05) is 4.90 Å². The van der Waals surface area contributed by atoms with Crippen molar-refractivity contribution in [2.24, 2.45) is 4.99 Å². The summed E-state index contributed by atoms with van der Waals surface area (Å²) in [6.45, 7) is 3.84. The number of hydrogen-bond acceptors (Lipinski definition) is 5. The molecule has 2 amide bonds. The standard InChI is InChI=1S/C20H18N4O2S/c1-13-8-9-16(14(2)10-13)24-18(25)11-17(19(24)26)27-20(22-12-21)23-15-6-4-3-5-7-15/h3-10,17H,11H2,1-2H3,(H,22,23)/t17-/m0/s1. The van der Waals surface area contributed by atoms with Gasteiger partial charge in [-0.1, -0.05) is 47.7 Å². The molecule has 0 aliphatic carbocycles. The number of anilines is 1. The number of carbonyl (C=O) groups is 2. The zero-order chi connectivity index (χ0) is 19.4. The maximum atomic E-state index is 12.9. The van der Waals surface area contributed by atoms with E-state index in [-0.39, 0.29) is 23.4 Å². The third-order valence-electron chi connectivity index (χ3n) is 4.10. The van der Waals surface area contributed by atoms with Crippen LogP contribution in [0.1, 0.15) is 17.5 Å². The number of nitrogens with one attached hydrogen (secondary N) is 1. The number of para-hydroxylation sites is 1. The van der Waals surface area contributed by atoms with Crippen LogP contribution in [0.5, 0.6) is 0 Å². The second-order valence-corrected chi connectivity index (χ2v) is 7.35. The number of amides is 2. The van der Waals surface area contributed by atoms with E-state index in [9.17, 15) is 9.59 Å². The zero-order valence-electron chi connectivity index (χ0n) is 15.0. The van der Waals surface area contributed by atoms with E-state index in [0.29, 0.717) is 11.4 Å². The molecule has 2 aromatic carbocycles. The van der Waals surface area contributed by atoms with Crippen LogP contribution in [0.3, 0.4) is 0 Å². The zero-order valence-corrected chi connectivity index (χ0v) is 15.8. The normalized spacial score (nSPS) is 17.1. The molecule has 1 saturated heterocycles. The highest BCUT2D eigenvalue weighted by Gasteiger charge is 2.41. The minimum absolute atomic E-state index is 0.0672. The van der Waals surface area contributed by atoms with E-state index in [1.165, 1.54) is 4.90 Å². The van der Waals surface area contributed by atoms with Crippen molar-refractivity contribution in [3.63, 3.8) is 0 Å². The van der Waals surface area contributed by atoms with Crippen molar-refractivity contribution < 1.29 is 9.59 Å². The molecule has 2 aromatic rings. The molecule has 0 radical (unpaired) electrons. The SMILES string of the molecule is Cc1ccc(N2C(=O)C[C@H](SC(=Nc3ccccc3)NC#N)C2=O)c(C)c1. The summed E-state index contributed by atoms with van der Waals surface area (Å²) in [4.78, 5) is 31.0. The van der Waals surface area contributed by atoms with Gasteiger partial charge < -0.3 is 0 Å². The highest BCUT2D eigenvalue weighted by atomic mass is 32.2. The third-order valence-corrected chi connectivity index (χ3v) is 5.17. The van der Waals surface area contributed by atoms with Gasteiger partial charge in [0.25, 0.3) is 0 Å². The van der Waals surface area contributed by atoms with Gasteiger partial charge in [0.2, 0.25) is 11.8 Å². The molecule has 0 unspecified atom stereocenters. The average Bonchev–Trinajstić information content (AvgIpc) is 2.90. The van der Waals surface area contributed by atoms with E-state index in [1.54, 1.807) is 18.2 Å². The van der Waals surface area contributed by atoms with E-state index in [2.05, 4.69) is 10.3 Å². The molecular weight excluding hydrogens is 360 g/mol. The first-order valence-corrected chi connectivity index (χ1v) is 9.27. The highest BCUT2D eigenvalue weighted by Crippen LogP contribution is 2.32. The van der Waals surface area contributed by atoms with E-state index < -0.39 is 5.25 Å². The van der Waals surface area contributed by atoms with Gasteiger partial charge >= 0.3 is 0 Å². The predicted molar refractivity (Wildman–Crippen MR) is 107 cm³/mol. The number of nitriles is 1.